The first kappa shape index (κ1) is 17.8. The van der Waals surface area contributed by atoms with Crippen molar-refractivity contribution in [2.24, 2.45) is 0 Å². The van der Waals surface area contributed by atoms with Crippen LogP contribution in [-0.2, 0) is 4.79 Å². The number of aromatic amines is 1. The number of phenolic OH excluding ortho intramolecular Hbond substituents is 1. The van der Waals surface area contributed by atoms with E-state index in [1.807, 2.05) is 18.2 Å². The minimum absolute atomic E-state index is 0.0998. The number of rotatable bonds is 3. The van der Waals surface area contributed by atoms with Gasteiger partial charge in [-0.15, -0.1) is 0 Å². The van der Waals surface area contributed by atoms with Crippen molar-refractivity contribution < 1.29 is 19.5 Å². The Kier molecular flexibility index (Phi) is 4.57. The van der Waals surface area contributed by atoms with E-state index in [0.717, 1.165) is 10.9 Å². The Morgan fingerprint density at radius 2 is 1.50 bits per heavy atom. The molecule has 7 heteroatoms. The fraction of sp³-hybridized carbons (Fsp3) is 0.190. The number of H-pyrrole nitrogens is 1. The van der Waals surface area contributed by atoms with Gasteiger partial charge in [0.25, 0.3) is 17.6 Å². The van der Waals surface area contributed by atoms with Crippen LogP contribution in [0.25, 0.3) is 10.9 Å². The van der Waals surface area contributed by atoms with Crippen LogP contribution >= 0.6 is 0 Å². The van der Waals surface area contributed by atoms with Gasteiger partial charge in [0.15, 0.2) is 0 Å². The average Bonchev–Trinajstić information content (AvgIpc) is 3.17. The molecule has 2 aromatic carbocycles. The van der Waals surface area contributed by atoms with E-state index in [-0.39, 0.29) is 11.7 Å². The van der Waals surface area contributed by atoms with Gasteiger partial charge >= 0.3 is 0 Å². The standard InChI is InChI=1S/C21H19N3O4/c25-15-7-5-14(6-8-15)20(27)23-9-11-24(12-10-23)21(28)19(26)17-13-22-18-4-2-1-3-16(17)18/h1-8,13,22,25H,9-12H2. The summed E-state index contributed by atoms with van der Waals surface area (Å²) in [6.45, 7) is 1.31. The van der Waals surface area contributed by atoms with Gasteiger partial charge in [-0.3, -0.25) is 14.4 Å². The van der Waals surface area contributed by atoms with E-state index in [1.54, 1.807) is 29.3 Å². The molecule has 2 N–H and O–H groups in total. The van der Waals surface area contributed by atoms with Crippen molar-refractivity contribution in [3.05, 3.63) is 65.9 Å². The maximum Gasteiger partial charge on any atom is 0.295 e. The maximum atomic E-state index is 12.7. The fourth-order valence-electron chi connectivity index (χ4n) is 3.42. The highest BCUT2D eigenvalue weighted by Crippen LogP contribution is 2.19. The van der Waals surface area contributed by atoms with E-state index >= 15 is 0 Å². The number of Topliss-reactive ketones (excluding diaryl/α,β-unsaturated/α-hetero) is 1. The molecule has 0 saturated carbocycles. The van der Waals surface area contributed by atoms with Crippen LogP contribution in [0.4, 0.5) is 0 Å². The summed E-state index contributed by atoms with van der Waals surface area (Å²) in [5.41, 5.74) is 1.65. The SMILES string of the molecule is O=C(C(=O)N1CCN(C(=O)c2ccc(O)cc2)CC1)c1c[nH]c2ccccc12. The number of hydrogen-bond acceptors (Lipinski definition) is 4. The third-order valence-electron chi connectivity index (χ3n) is 5.00. The number of hydrogen-bond donors (Lipinski definition) is 2. The molecule has 1 aliphatic heterocycles. The van der Waals surface area contributed by atoms with Crippen LogP contribution in [0.15, 0.2) is 54.7 Å². The van der Waals surface area contributed by atoms with Gasteiger partial charge in [0.2, 0.25) is 0 Å². The molecule has 2 heterocycles. The van der Waals surface area contributed by atoms with Gasteiger partial charge in [-0.25, -0.2) is 0 Å². The Bertz CT molecular complexity index is 1050. The quantitative estimate of drug-likeness (QED) is 0.540. The normalized spacial score (nSPS) is 14.3. The predicted octanol–water partition coefficient (Wildman–Crippen LogP) is 2.04. The Balaban J connectivity index is 1.42. The molecule has 4 rings (SSSR count). The first-order valence-corrected chi connectivity index (χ1v) is 9.02. The topological polar surface area (TPSA) is 93.7 Å². The third kappa shape index (κ3) is 3.22. The summed E-state index contributed by atoms with van der Waals surface area (Å²) >= 11 is 0. The summed E-state index contributed by atoms with van der Waals surface area (Å²) in [7, 11) is 0. The molecule has 1 saturated heterocycles. The van der Waals surface area contributed by atoms with Crippen molar-refractivity contribution in [1.82, 2.24) is 14.8 Å². The molecule has 142 valence electrons. The second-order valence-electron chi connectivity index (χ2n) is 6.71. The van der Waals surface area contributed by atoms with Crippen molar-refractivity contribution in [3.8, 4) is 5.75 Å². The lowest BCUT2D eigenvalue weighted by Gasteiger charge is -2.34. The number of aromatic hydroxyl groups is 1. The third-order valence-corrected chi connectivity index (χ3v) is 5.00. The first-order valence-electron chi connectivity index (χ1n) is 9.02. The fourth-order valence-corrected chi connectivity index (χ4v) is 3.42. The predicted molar refractivity (Wildman–Crippen MR) is 103 cm³/mol. The number of carbonyl (C=O) groups excluding carboxylic acids is 3. The minimum Gasteiger partial charge on any atom is -0.508 e. The number of piperazine rings is 1. The van der Waals surface area contributed by atoms with Gasteiger partial charge in [0, 0.05) is 48.8 Å². The second-order valence-corrected chi connectivity index (χ2v) is 6.71. The average molecular weight is 377 g/mol. The lowest BCUT2D eigenvalue weighted by atomic mass is 10.1. The molecule has 2 amide bonds. The molecule has 1 aromatic heterocycles. The molecule has 0 radical (unpaired) electrons. The van der Waals surface area contributed by atoms with Gasteiger partial charge in [0.1, 0.15) is 5.75 Å². The van der Waals surface area contributed by atoms with E-state index < -0.39 is 11.7 Å². The number of nitrogens with one attached hydrogen (secondary N) is 1. The van der Waals surface area contributed by atoms with E-state index in [4.69, 9.17) is 0 Å². The largest absolute Gasteiger partial charge is 0.508 e. The number of aromatic nitrogens is 1. The molecule has 7 nitrogen and oxygen atoms in total. The van der Waals surface area contributed by atoms with Crippen LogP contribution in [-0.4, -0.2) is 63.7 Å². The molecule has 0 bridgehead atoms. The zero-order valence-electron chi connectivity index (χ0n) is 15.1. The van der Waals surface area contributed by atoms with Crippen molar-refractivity contribution in [2.75, 3.05) is 26.2 Å². The molecule has 3 aromatic rings. The van der Waals surface area contributed by atoms with E-state index in [0.29, 0.717) is 37.3 Å². The Morgan fingerprint density at radius 1 is 0.857 bits per heavy atom. The van der Waals surface area contributed by atoms with Gasteiger partial charge in [-0.1, -0.05) is 18.2 Å². The highest BCUT2D eigenvalue weighted by atomic mass is 16.3. The van der Waals surface area contributed by atoms with Gasteiger partial charge < -0.3 is 19.9 Å². The van der Waals surface area contributed by atoms with Crippen molar-refractivity contribution >= 4 is 28.5 Å². The Morgan fingerprint density at radius 3 is 2.21 bits per heavy atom. The minimum atomic E-state index is -0.554. The highest BCUT2D eigenvalue weighted by Gasteiger charge is 2.29. The molecule has 0 unspecified atom stereocenters. The van der Waals surface area contributed by atoms with Crippen LogP contribution in [0.2, 0.25) is 0 Å². The number of phenols is 1. The molecule has 0 atom stereocenters. The Hall–Kier alpha value is -3.61. The number of ketones is 1. The number of fused-ring (bicyclic) bond motifs is 1. The van der Waals surface area contributed by atoms with Crippen LogP contribution in [0, 0.1) is 0 Å². The van der Waals surface area contributed by atoms with Crippen molar-refractivity contribution in [1.29, 1.82) is 0 Å². The molecular formula is C21H19N3O4. The lowest BCUT2D eigenvalue weighted by molar-refractivity contribution is -0.127. The van der Waals surface area contributed by atoms with E-state index in [9.17, 15) is 19.5 Å². The monoisotopic (exact) mass is 377 g/mol. The zero-order chi connectivity index (χ0) is 19.7. The molecular weight excluding hydrogens is 358 g/mol. The van der Waals surface area contributed by atoms with Crippen LogP contribution < -0.4 is 0 Å². The van der Waals surface area contributed by atoms with Gasteiger partial charge in [0.05, 0.1) is 5.56 Å². The van der Waals surface area contributed by atoms with Crippen LogP contribution in [0.5, 0.6) is 5.75 Å². The summed E-state index contributed by atoms with van der Waals surface area (Å²) in [6, 6.07) is 13.4. The molecule has 28 heavy (non-hydrogen) atoms. The summed E-state index contributed by atoms with van der Waals surface area (Å²) in [5.74, 6) is -1.16. The van der Waals surface area contributed by atoms with Crippen LogP contribution in [0.1, 0.15) is 20.7 Å². The number of amides is 2. The highest BCUT2D eigenvalue weighted by molar-refractivity contribution is 6.44. The van der Waals surface area contributed by atoms with Gasteiger partial charge in [-0.2, -0.15) is 0 Å². The number of para-hydroxylation sites is 1. The summed E-state index contributed by atoms with van der Waals surface area (Å²) in [4.78, 5) is 44.0. The molecule has 0 spiro atoms. The summed E-state index contributed by atoms with van der Waals surface area (Å²) < 4.78 is 0. The van der Waals surface area contributed by atoms with Gasteiger partial charge in [-0.05, 0) is 30.3 Å². The summed E-state index contributed by atoms with van der Waals surface area (Å²) in [5, 5.41) is 10.1. The lowest BCUT2D eigenvalue weighted by Crippen LogP contribution is -2.52. The summed E-state index contributed by atoms with van der Waals surface area (Å²) in [6.07, 6.45) is 1.56. The molecule has 0 aliphatic carbocycles. The second kappa shape index (κ2) is 7.19. The first-order chi connectivity index (χ1) is 13.5. The number of carbonyl (C=O) groups is 3. The smallest absolute Gasteiger partial charge is 0.295 e. The number of benzene rings is 2. The van der Waals surface area contributed by atoms with Crippen molar-refractivity contribution in [2.45, 2.75) is 0 Å². The number of nitrogens with zero attached hydrogens (tertiary/aromatic N) is 2. The molecule has 1 aliphatic rings. The zero-order valence-corrected chi connectivity index (χ0v) is 15.1. The molecule has 1 fully saturated rings. The maximum absolute atomic E-state index is 12.7. The van der Waals surface area contributed by atoms with E-state index in [2.05, 4.69) is 4.98 Å². The van der Waals surface area contributed by atoms with E-state index in [1.165, 1.54) is 17.0 Å². The Labute approximate surface area is 161 Å². The van der Waals surface area contributed by atoms with Crippen molar-refractivity contribution in [3.63, 3.8) is 0 Å². The van der Waals surface area contributed by atoms with Crippen LogP contribution in [0.3, 0.4) is 0 Å².